The van der Waals surface area contributed by atoms with E-state index < -0.39 is 0 Å². The molecule has 0 bridgehead atoms. The molecule has 1 amide bonds. The van der Waals surface area contributed by atoms with Gasteiger partial charge in [0.05, 0.1) is 0 Å². The zero-order valence-corrected chi connectivity index (χ0v) is 10.7. The topological polar surface area (TPSA) is 50.4 Å². The first-order valence-corrected chi connectivity index (χ1v) is 6.43. The fourth-order valence-electron chi connectivity index (χ4n) is 2.10. The second-order valence-corrected chi connectivity index (χ2v) is 4.72. The summed E-state index contributed by atoms with van der Waals surface area (Å²) in [7, 11) is 0. The van der Waals surface area contributed by atoms with Crippen molar-refractivity contribution in [2.45, 2.75) is 25.8 Å². The largest absolute Gasteiger partial charge is 0.484 e. The van der Waals surface area contributed by atoms with E-state index in [2.05, 4.69) is 10.6 Å². The lowest BCUT2D eigenvalue weighted by Gasteiger charge is -2.23. The van der Waals surface area contributed by atoms with Crippen LogP contribution < -0.4 is 15.4 Å². The van der Waals surface area contributed by atoms with E-state index in [0.717, 1.165) is 37.2 Å². The van der Waals surface area contributed by atoms with Crippen LogP contribution >= 0.6 is 0 Å². The highest BCUT2D eigenvalue weighted by Gasteiger charge is 2.15. The summed E-state index contributed by atoms with van der Waals surface area (Å²) >= 11 is 0. The third-order valence-electron chi connectivity index (χ3n) is 3.02. The van der Waals surface area contributed by atoms with Crippen LogP contribution in [0.5, 0.6) is 5.75 Å². The van der Waals surface area contributed by atoms with Crippen molar-refractivity contribution in [1.82, 2.24) is 10.6 Å². The van der Waals surface area contributed by atoms with Gasteiger partial charge in [0.15, 0.2) is 6.61 Å². The molecule has 1 fully saturated rings. The number of hydrogen-bond acceptors (Lipinski definition) is 3. The molecule has 0 unspecified atom stereocenters. The van der Waals surface area contributed by atoms with Crippen LogP contribution in [0, 0.1) is 6.92 Å². The van der Waals surface area contributed by atoms with Gasteiger partial charge in [-0.05, 0) is 44.0 Å². The summed E-state index contributed by atoms with van der Waals surface area (Å²) in [5.41, 5.74) is 1.13. The maximum absolute atomic E-state index is 11.7. The molecule has 1 saturated heterocycles. The Labute approximate surface area is 108 Å². The number of aryl methyl sites for hydroxylation is 1. The number of carbonyl (C=O) groups excluding carboxylic acids is 1. The van der Waals surface area contributed by atoms with Gasteiger partial charge in [-0.2, -0.15) is 0 Å². The first kappa shape index (κ1) is 12.9. The Hall–Kier alpha value is -1.55. The number of benzene rings is 1. The number of carbonyl (C=O) groups is 1. The lowest BCUT2D eigenvalue weighted by Crippen LogP contribution is -2.46. The molecule has 1 aliphatic rings. The first-order valence-electron chi connectivity index (χ1n) is 6.43. The maximum atomic E-state index is 11.7. The molecule has 2 rings (SSSR count). The summed E-state index contributed by atoms with van der Waals surface area (Å²) in [5.74, 6) is 0.692. The Bertz CT molecular complexity index is 401. The number of ether oxygens (including phenoxy) is 1. The van der Waals surface area contributed by atoms with Crippen LogP contribution in [0.25, 0.3) is 0 Å². The van der Waals surface area contributed by atoms with Crippen LogP contribution in [-0.4, -0.2) is 31.6 Å². The third kappa shape index (κ3) is 4.04. The molecule has 1 aliphatic heterocycles. The molecule has 1 aromatic carbocycles. The van der Waals surface area contributed by atoms with Crippen LogP contribution in [0.2, 0.25) is 0 Å². The van der Waals surface area contributed by atoms with Crippen molar-refractivity contribution in [3.05, 3.63) is 29.8 Å². The minimum Gasteiger partial charge on any atom is -0.484 e. The fourth-order valence-corrected chi connectivity index (χ4v) is 2.10. The number of piperidine rings is 1. The van der Waals surface area contributed by atoms with Gasteiger partial charge in [-0.1, -0.05) is 12.1 Å². The quantitative estimate of drug-likeness (QED) is 0.843. The van der Waals surface area contributed by atoms with Gasteiger partial charge < -0.3 is 15.4 Å². The zero-order valence-electron chi connectivity index (χ0n) is 10.7. The molecule has 98 valence electrons. The molecule has 2 N–H and O–H groups in total. The molecular formula is C14H20N2O2. The number of hydrogen-bond donors (Lipinski definition) is 2. The van der Waals surface area contributed by atoms with Gasteiger partial charge in [-0.25, -0.2) is 0 Å². The highest BCUT2D eigenvalue weighted by Crippen LogP contribution is 2.12. The second kappa shape index (κ2) is 6.40. The van der Waals surface area contributed by atoms with Gasteiger partial charge >= 0.3 is 0 Å². The van der Waals surface area contributed by atoms with E-state index in [1.54, 1.807) is 0 Å². The predicted molar refractivity (Wildman–Crippen MR) is 70.7 cm³/mol. The van der Waals surface area contributed by atoms with E-state index in [1.807, 2.05) is 31.2 Å². The summed E-state index contributed by atoms with van der Waals surface area (Å²) in [4.78, 5) is 11.7. The Morgan fingerprint density at radius 2 is 2.44 bits per heavy atom. The number of amides is 1. The van der Waals surface area contributed by atoms with E-state index in [4.69, 9.17) is 4.74 Å². The van der Waals surface area contributed by atoms with Crippen molar-refractivity contribution in [1.29, 1.82) is 0 Å². The molecule has 1 atom stereocenters. The van der Waals surface area contributed by atoms with Crippen molar-refractivity contribution < 1.29 is 9.53 Å². The molecule has 18 heavy (non-hydrogen) atoms. The Balaban J connectivity index is 1.74. The highest BCUT2D eigenvalue weighted by atomic mass is 16.5. The predicted octanol–water partition coefficient (Wildman–Crippen LogP) is 1.24. The van der Waals surface area contributed by atoms with Gasteiger partial charge in [0.25, 0.3) is 5.91 Å². The summed E-state index contributed by atoms with van der Waals surface area (Å²) in [6, 6.07) is 7.96. The second-order valence-electron chi connectivity index (χ2n) is 4.72. The van der Waals surface area contributed by atoms with Crippen molar-refractivity contribution >= 4 is 5.91 Å². The molecule has 0 aliphatic carbocycles. The zero-order chi connectivity index (χ0) is 12.8. The number of rotatable bonds is 4. The number of nitrogens with one attached hydrogen (secondary N) is 2. The molecule has 4 nitrogen and oxygen atoms in total. The minimum atomic E-state index is -0.0507. The normalized spacial score (nSPS) is 19.3. The van der Waals surface area contributed by atoms with Crippen LogP contribution in [0.4, 0.5) is 0 Å². The van der Waals surface area contributed by atoms with E-state index in [-0.39, 0.29) is 18.6 Å². The fraction of sp³-hybridized carbons (Fsp3) is 0.500. The van der Waals surface area contributed by atoms with Crippen molar-refractivity contribution in [3.8, 4) is 5.75 Å². The van der Waals surface area contributed by atoms with E-state index >= 15 is 0 Å². The summed E-state index contributed by atoms with van der Waals surface area (Å²) in [6.45, 7) is 3.99. The lowest BCUT2D eigenvalue weighted by atomic mass is 10.1. The average Bonchev–Trinajstić information content (AvgIpc) is 2.38. The Morgan fingerprint density at radius 3 is 3.17 bits per heavy atom. The monoisotopic (exact) mass is 248 g/mol. The van der Waals surface area contributed by atoms with Gasteiger partial charge in [-0.15, -0.1) is 0 Å². The first-order chi connectivity index (χ1) is 8.74. The molecule has 0 spiro atoms. The van der Waals surface area contributed by atoms with Gasteiger partial charge in [0.1, 0.15) is 5.75 Å². The van der Waals surface area contributed by atoms with Crippen LogP contribution in [0.3, 0.4) is 0 Å². The average molecular weight is 248 g/mol. The molecule has 0 aromatic heterocycles. The minimum absolute atomic E-state index is 0.0507. The van der Waals surface area contributed by atoms with Gasteiger partial charge in [0, 0.05) is 12.6 Å². The summed E-state index contributed by atoms with van der Waals surface area (Å²) < 4.78 is 5.46. The summed E-state index contributed by atoms with van der Waals surface area (Å²) in [6.07, 6.45) is 2.16. The van der Waals surface area contributed by atoms with Crippen molar-refractivity contribution in [3.63, 3.8) is 0 Å². The van der Waals surface area contributed by atoms with E-state index in [0.29, 0.717) is 0 Å². The summed E-state index contributed by atoms with van der Waals surface area (Å²) in [5, 5.41) is 6.24. The van der Waals surface area contributed by atoms with Crippen molar-refractivity contribution in [2.24, 2.45) is 0 Å². The van der Waals surface area contributed by atoms with Crippen LogP contribution in [0.1, 0.15) is 18.4 Å². The van der Waals surface area contributed by atoms with Crippen LogP contribution in [0.15, 0.2) is 24.3 Å². The molecule has 0 saturated carbocycles. The maximum Gasteiger partial charge on any atom is 0.258 e. The van der Waals surface area contributed by atoms with Gasteiger partial charge in [-0.3, -0.25) is 4.79 Å². The lowest BCUT2D eigenvalue weighted by molar-refractivity contribution is -0.123. The Morgan fingerprint density at radius 1 is 1.56 bits per heavy atom. The SMILES string of the molecule is Cc1cccc(OCC(=O)N[C@H]2CCCNC2)c1. The van der Waals surface area contributed by atoms with E-state index in [9.17, 15) is 4.79 Å². The highest BCUT2D eigenvalue weighted by molar-refractivity contribution is 5.77. The van der Waals surface area contributed by atoms with Gasteiger partial charge in [0.2, 0.25) is 0 Å². The molecule has 1 heterocycles. The van der Waals surface area contributed by atoms with Crippen molar-refractivity contribution in [2.75, 3.05) is 19.7 Å². The molecule has 0 radical (unpaired) electrons. The van der Waals surface area contributed by atoms with Crippen LogP contribution in [-0.2, 0) is 4.79 Å². The molecule has 1 aromatic rings. The third-order valence-corrected chi connectivity index (χ3v) is 3.02. The molecular weight excluding hydrogens is 228 g/mol. The smallest absolute Gasteiger partial charge is 0.258 e. The Kier molecular flexibility index (Phi) is 4.59. The van der Waals surface area contributed by atoms with E-state index in [1.165, 1.54) is 0 Å². The standard InChI is InChI=1S/C14H20N2O2/c1-11-4-2-6-13(8-11)18-10-14(17)16-12-5-3-7-15-9-12/h2,4,6,8,12,15H,3,5,7,9-10H2,1H3,(H,16,17)/t12-/m0/s1. The molecule has 4 heteroatoms.